The Morgan fingerprint density at radius 1 is 1.17 bits per heavy atom. The minimum absolute atomic E-state index is 0.0169. The Morgan fingerprint density at radius 3 is 2.45 bits per heavy atom. The second kappa shape index (κ2) is 10.2. The van der Waals surface area contributed by atoms with Gasteiger partial charge in [0.1, 0.15) is 5.69 Å². The largest absolute Gasteiger partial charge is 0.452 e. The average molecular weight is 399 g/mol. The molecule has 1 amide bonds. The molecule has 0 saturated heterocycles. The van der Waals surface area contributed by atoms with Gasteiger partial charge in [0.2, 0.25) is 0 Å². The van der Waals surface area contributed by atoms with Gasteiger partial charge in [0, 0.05) is 20.2 Å². The smallest absolute Gasteiger partial charge is 0.338 e. The summed E-state index contributed by atoms with van der Waals surface area (Å²) in [6.07, 6.45) is 1.63. The Hall–Kier alpha value is -3.42. The zero-order valence-electron chi connectivity index (χ0n) is 16.8. The van der Waals surface area contributed by atoms with Crippen LogP contribution >= 0.6 is 0 Å². The predicted octanol–water partition coefficient (Wildman–Crippen LogP) is 3.48. The fourth-order valence-corrected chi connectivity index (χ4v) is 2.92. The molecule has 0 aliphatic rings. The van der Waals surface area contributed by atoms with E-state index in [9.17, 15) is 19.7 Å². The molecule has 0 fully saturated rings. The third-order valence-electron chi connectivity index (χ3n) is 4.34. The summed E-state index contributed by atoms with van der Waals surface area (Å²) in [7, 11) is 3.34. The number of nitro groups is 1. The molecule has 2 aromatic rings. The first-order chi connectivity index (χ1) is 13.8. The van der Waals surface area contributed by atoms with Gasteiger partial charge in [-0.1, -0.05) is 43.7 Å². The van der Waals surface area contributed by atoms with Crippen LogP contribution in [-0.2, 0) is 9.53 Å². The summed E-state index contributed by atoms with van der Waals surface area (Å²) in [4.78, 5) is 36.8. The van der Waals surface area contributed by atoms with Gasteiger partial charge in [0.15, 0.2) is 6.61 Å². The number of esters is 1. The second-order valence-corrected chi connectivity index (χ2v) is 6.75. The van der Waals surface area contributed by atoms with Crippen LogP contribution in [0.25, 0.3) is 0 Å². The number of nitrogens with one attached hydrogen (secondary N) is 1. The van der Waals surface area contributed by atoms with Crippen LogP contribution in [0.5, 0.6) is 0 Å². The summed E-state index contributed by atoms with van der Waals surface area (Å²) in [5, 5.41) is 14.1. The molecule has 0 radical (unpaired) electrons. The maximum Gasteiger partial charge on any atom is 0.338 e. The van der Waals surface area contributed by atoms with Crippen molar-refractivity contribution in [2.75, 3.05) is 25.6 Å². The number of hydrogen-bond donors (Lipinski definition) is 1. The Labute approximate surface area is 169 Å². The van der Waals surface area contributed by atoms with Gasteiger partial charge >= 0.3 is 5.97 Å². The Bertz CT molecular complexity index is 868. The average Bonchev–Trinajstić information content (AvgIpc) is 2.71. The normalized spacial score (nSPS) is 11.4. The molecule has 154 valence electrons. The van der Waals surface area contributed by atoms with E-state index in [0.717, 1.165) is 24.5 Å². The number of benzene rings is 2. The highest BCUT2D eigenvalue weighted by Crippen LogP contribution is 2.28. The summed E-state index contributed by atoms with van der Waals surface area (Å²) < 4.78 is 5.05. The van der Waals surface area contributed by atoms with Crippen LogP contribution in [0.1, 0.15) is 41.7 Å². The molecule has 0 spiro atoms. The van der Waals surface area contributed by atoms with Gasteiger partial charge < -0.3 is 15.0 Å². The van der Waals surface area contributed by atoms with Gasteiger partial charge in [0.25, 0.3) is 11.6 Å². The first-order valence-electron chi connectivity index (χ1n) is 9.30. The zero-order chi connectivity index (χ0) is 21.4. The molecule has 0 saturated carbocycles. The molecule has 8 nitrogen and oxygen atoms in total. The van der Waals surface area contributed by atoms with E-state index < -0.39 is 23.4 Å². The lowest BCUT2D eigenvalue weighted by Crippen LogP contribution is -2.32. The maximum absolute atomic E-state index is 12.3. The lowest BCUT2D eigenvalue weighted by atomic mass is 10.0. The molecule has 29 heavy (non-hydrogen) atoms. The van der Waals surface area contributed by atoms with Crippen molar-refractivity contribution in [2.45, 2.75) is 25.8 Å². The van der Waals surface area contributed by atoms with E-state index in [0.29, 0.717) is 5.69 Å². The number of anilines is 1. The number of carbonyl (C=O) groups is 2. The number of carbonyl (C=O) groups excluding carboxylic acids is 2. The lowest BCUT2D eigenvalue weighted by molar-refractivity contribution is -0.384. The standard InChI is InChI=1S/C21H25N3O5/c1-4-8-17(15-9-6-5-7-10-15)22-20(25)14-29-21(26)16-11-12-18(23(2)3)19(13-16)24(27)28/h5-7,9-13,17H,4,8,14H2,1-3H3,(H,22,25)/t17-/m1/s1. The van der Waals surface area contributed by atoms with Crippen LogP contribution in [-0.4, -0.2) is 37.5 Å². The minimum Gasteiger partial charge on any atom is -0.452 e. The number of nitro benzene ring substituents is 1. The molecule has 1 N–H and O–H groups in total. The van der Waals surface area contributed by atoms with Crippen molar-refractivity contribution in [3.8, 4) is 0 Å². The number of rotatable bonds is 9. The van der Waals surface area contributed by atoms with Gasteiger partial charge in [0.05, 0.1) is 16.5 Å². The third kappa shape index (κ3) is 6.03. The van der Waals surface area contributed by atoms with E-state index in [-0.39, 0.29) is 17.3 Å². The number of amides is 1. The molecule has 2 aromatic carbocycles. The summed E-state index contributed by atoms with van der Waals surface area (Å²) in [6.45, 7) is 1.56. The van der Waals surface area contributed by atoms with Crippen LogP contribution in [0.3, 0.4) is 0 Å². The molecule has 0 heterocycles. The fraction of sp³-hybridized carbons (Fsp3) is 0.333. The quantitative estimate of drug-likeness (QED) is 0.393. The molecule has 0 aliphatic carbocycles. The molecule has 0 aliphatic heterocycles. The van der Waals surface area contributed by atoms with Gasteiger partial charge in [-0.05, 0) is 24.1 Å². The summed E-state index contributed by atoms with van der Waals surface area (Å²) in [6, 6.07) is 13.4. The first kappa shape index (κ1) is 21.9. The van der Waals surface area contributed by atoms with E-state index in [1.54, 1.807) is 19.0 Å². The van der Waals surface area contributed by atoms with E-state index in [2.05, 4.69) is 5.32 Å². The summed E-state index contributed by atoms with van der Waals surface area (Å²) in [5.74, 6) is -1.22. The van der Waals surface area contributed by atoms with Crippen molar-refractivity contribution in [3.05, 3.63) is 69.8 Å². The first-order valence-corrected chi connectivity index (χ1v) is 9.30. The molecule has 0 aromatic heterocycles. The highest BCUT2D eigenvalue weighted by atomic mass is 16.6. The zero-order valence-corrected chi connectivity index (χ0v) is 16.8. The molecule has 2 rings (SSSR count). The van der Waals surface area contributed by atoms with Gasteiger partial charge in [-0.15, -0.1) is 0 Å². The number of nitrogens with zero attached hydrogens (tertiary/aromatic N) is 2. The molecule has 0 bridgehead atoms. The molecule has 0 unspecified atom stereocenters. The lowest BCUT2D eigenvalue weighted by Gasteiger charge is -2.18. The van der Waals surface area contributed by atoms with Crippen LogP contribution in [0.2, 0.25) is 0 Å². The predicted molar refractivity (Wildman–Crippen MR) is 110 cm³/mol. The van der Waals surface area contributed by atoms with Crippen LogP contribution in [0.15, 0.2) is 48.5 Å². The molecular weight excluding hydrogens is 374 g/mol. The molecule has 8 heteroatoms. The van der Waals surface area contributed by atoms with E-state index in [1.807, 2.05) is 37.3 Å². The number of hydrogen-bond acceptors (Lipinski definition) is 6. The van der Waals surface area contributed by atoms with Crippen LogP contribution in [0, 0.1) is 10.1 Å². The van der Waals surface area contributed by atoms with Gasteiger partial charge in [-0.3, -0.25) is 14.9 Å². The Balaban J connectivity index is 2.01. The van der Waals surface area contributed by atoms with Crippen molar-refractivity contribution >= 4 is 23.3 Å². The van der Waals surface area contributed by atoms with Crippen molar-refractivity contribution in [3.63, 3.8) is 0 Å². The monoisotopic (exact) mass is 399 g/mol. The van der Waals surface area contributed by atoms with Gasteiger partial charge in [-0.2, -0.15) is 0 Å². The summed E-state index contributed by atoms with van der Waals surface area (Å²) in [5.41, 5.74) is 1.16. The topological polar surface area (TPSA) is 102 Å². The molecule has 1 atom stereocenters. The van der Waals surface area contributed by atoms with E-state index >= 15 is 0 Å². The Morgan fingerprint density at radius 2 is 1.86 bits per heavy atom. The van der Waals surface area contributed by atoms with Crippen LogP contribution < -0.4 is 10.2 Å². The summed E-state index contributed by atoms with van der Waals surface area (Å²) >= 11 is 0. The van der Waals surface area contributed by atoms with Crippen molar-refractivity contribution in [2.24, 2.45) is 0 Å². The fourth-order valence-electron chi connectivity index (χ4n) is 2.92. The van der Waals surface area contributed by atoms with Gasteiger partial charge in [-0.25, -0.2) is 4.79 Å². The van der Waals surface area contributed by atoms with E-state index in [1.165, 1.54) is 12.1 Å². The maximum atomic E-state index is 12.3. The molecular formula is C21H25N3O5. The van der Waals surface area contributed by atoms with E-state index in [4.69, 9.17) is 4.74 Å². The SMILES string of the molecule is CCC[C@@H](NC(=O)COC(=O)c1ccc(N(C)C)c([N+](=O)[O-])c1)c1ccccc1. The highest BCUT2D eigenvalue weighted by Gasteiger charge is 2.20. The number of ether oxygens (including phenoxy) is 1. The minimum atomic E-state index is -0.791. The van der Waals surface area contributed by atoms with Crippen LogP contribution in [0.4, 0.5) is 11.4 Å². The third-order valence-corrected chi connectivity index (χ3v) is 4.34. The van der Waals surface area contributed by atoms with Crippen molar-refractivity contribution < 1.29 is 19.2 Å². The second-order valence-electron chi connectivity index (χ2n) is 6.75. The van der Waals surface area contributed by atoms with Crippen molar-refractivity contribution in [1.82, 2.24) is 5.32 Å². The van der Waals surface area contributed by atoms with Crippen molar-refractivity contribution in [1.29, 1.82) is 0 Å². The highest BCUT2D eigenvalue weighted by molar-refractivity contribution is 5.93. The Kier molecular flexibility index (Phi) is 7.70.